The van der Waals surface area contributed by atoms with Gasteiger partial charge in [0.2, 0.25) is 0 Å². The lowest BCUT2D eigenvalue weighted by atomic mass is 10.3. The minimum absolute atomic E-state index is 0.536. The first-order valence-electron chi connectivity index (χ1n) is 5.44. The van der Waals surface area contributed by atoms with Crippen LogP contribution in [-0.4, -0.2) is 15.0 Å². The van der Waals surface area contributed by atoms with Crippen molar-refractivity contribution in [2.24, 2.45) is 0 Å². The molecular formula is C12H11ClN4O. The number of anilines is 1. The molecule has 0 saturated heterocycles. The van der Waals surface area contributed by atoms with Crippen LogP contribution in [0.15, 0.2) is 16.5 Å². The summed E-state index contributed by atoms with van der Waals surface area (Å²) in [7, 11) is 0. The molecule has 0 aliphatic heterocycles. The van der Waals surface area contributed by atoms with Gasteiger partial charge in [0.05, 0.1) is 16.9 Å². The highest BCUT2D eigenvalue weighted by atomic mass is 35.5. The Morgan fingerprint density at radius 2 is 2.06 bits per heavy atom. The van der Waals surface area contributed by atoms with Gasteiger partial charge in [0, 0.05) is 11.9 Å². The lowest BCUT2D eigenvalue weighted by Gasteiger charge is -1.94. The van der Waals surface area contributed by atoms with Gasteiger partial charge in [0.25, 0.3) is 0 Å². The van der Waals surface area contributed by atoms with Crippen molar-refractivity contribution in [3.8, 4) is 11.6 Å². The summed E-state index contributed by atoms with van der Waals surface area (Å²) in [6, 6.07) is 3.45. The number of nitrogen functional groups attached to an aromatic ring is 1. The lowest BCUT2D eigenvalue weighted by molar-refractivity contribution is 0.531. The molecule has 0 amide bonds. The number of aryl methyl sites for hydroxylation is 2. The van der Waals surface area contributed by atoms with Crippen molar-refractivity contribution in [2.75, 3.05) is 5.73 Å². The van der Waals surface area contributed by atoms with Crippen molar-refractivity contribution in [2.45, 2.75) is 13.8 Å². The minimum Gasteiger partial charge on any atom is -0.437 e. The SMILES string of the molecule is Cc1nc(C)c(-c2nc3c(N)cc(Cl)cc3[nH]2)o1. The molecule has 6 heteroatoms. The standard InChI is InChI=1S/C12H11ClN4O/c1-5-11(18-6(2)15-5)12-16-9-4-7(13)3-8(14)10(9)17-12/h3-4H,14H2,1-2H3,(H,16,17). The first kappa shape index (κ1) is 11.1. The van der Waals surface area contributed by atoms with Gasteiger partial charge in [-0.25, -0.2) is 9.97 Å². The quantitative estimate of drug-likeness (QED) is 0.661. The van der Waals surface area contributed by atoms with Gasteiger partial charge in [-0.05, 0) is 19.1 Å². The highest BCUT2D eigenvalue weighted by molar-refractivity contribution is 6.31. The predicted octanol–water partition coefficient (Wildman–Crippen LogP) is 3.07. The van der Waals surface area contributed by atoms with E-state index in [4.69, 9.17) is 21.8 Å². The molecule has 3 rings (SSSR count). The summed E-state index contributed by atoms with van der Waals surface area (Å²) >= 11 is 5.95. The van der Waals surface area contributed by atoms with E-state index in [0.717, 1.165) is 11.2 Å². The zero-order chi connectivity index (χ0) is 12.9. The largest absolute Gasteiger partial charge is 0.437 e. The van der Waals surface area contributed by atoms with Gasteiger partial charge in [-0.15, -0.1) is 0 Å². The Hall–Kier alpha value is -2.01. The number of H-pyrrole nitrogens is 1. The smallest absolute Gasteiger partial charge is 0.192 e. The molecule has 5 nitrogen and oxygen atoms in total. The second kappa shape index (κ2) is 3.74. The predicted molar refractivity (Wildman–Crippen MR) is 70.5 cm³/mol. The van der Waals surface area contributed by atoms with E-state index < -0.39 is 0 Å². The molecule has 0 saturated carbocycles. The molecule has 0 spiro atoms. The number of oxazole rings is 1. The van der Waals surface area contributed by atoms with E-state index in [-0.39, 0.29) is 0 Å². The van der Waals surface area contributed by atoms with Crippen LogP contribution in [-0.2, 0) is 0 Å². The van der Waals surface area contributed by atoms with Crippen molar-refractivity contribution in [3.05, 3.63) is 28.7 Å². The number of nitrogens with one attached hydrogen (secondary N) is 1. The van der Waals surface area contributed by atoms with Gasteiger partial charge < -0.3 is 15.1 Å². The Labute approximate surface area is 108 Å². The number of aromatic nitrogens is 3. The first-order valence-corrected chi connectivity index (χ1v) is 5.81. The molecule has 18 heavy (non-hydrogen) atoms. The topological polar surface area (TPSA) is 80.7 Å². The number of nitrogens with two attached hydrogens (primary N) is 1. The number of fused-ring (bicyclic) bond motifs is 1. The summed E-state index contributed by atoms with van der Waals surface area (Å²) in [5.41, 5.74) is 8.67. The molecule has 1 aromatic carbocycles. The third-order valence-corrected chi connectivity index (χ3v) is 2.92. The van der Waals surface area contributed by atoms with Crippen LogP contribution in [0.3, 0.4) is 0 Å². The highest BCUT2D eigenvalue weighted by Crippen LogP contribution is 2.29. The summed E-state index contributed by atoms with van der Waals surface area (Å²) in [6.07, 6.45) is 0. The average molecular weight is 263 g/mol. The van der Waals surface area contributed by atoms with Gasteiger partial charge in [-0.3, -0.25) is 0 Å². The van der Waals surface area contributed by atoms with Crippen LogP contribution in [0.5, 0.6) is 0 Å². The maximum Gasteiger partial charge on any atom is 0.192 e. The summed E-state index contributed by atoms with van der Waals surface area (Å²) in [5, 5.41) is 0.570. The van der Waals surface area contributed by atoms with E-state index in [1.54, 1.807) is 19.1 Å². The summed E-state index contributed by atoms with van der Waals surface area (Å²) in [4.78, 5) is 11.8. The number of hydrogen-bond donors (Lipinski definition) is 2. The Morgan fingerprint density at radius 1 is 1.28 bits per heavy atom. The zero-order valence-electron chi connectivity index (χ0n) is 9.91. The Morgan fingerprint density at radius 3 is 2.72 bits per heavy atom. The summed E-state index contributed by atoms with van der Waals surface area (Å²) in [5.74, 6) is 1.84. The number of nitrogens with zero attached hydrogens (tertiary/aromatic N) is 2. The Balaban J connectivity index is 2.25. The average Bonchev–Trinajstić information content (AvgIpc) is 2.81. The van der Waals surface area contributed by atoms with Gasteiger partial charge in [-0.1, -0.05) is 11.6 Å². The first-order chi connectivity index (χ1) is 8.54. The number of imidazole rings is 1. The van der Waals surface area contributed by atoms with Crippen molar-refractivity contribution < 1.29 is 4.42 Å². The summed E-state index contributed by atoms with van der Waals surface area (Å²) < 4.78 is 5.52. The molecule has 3 N–H and O–H groups in total. The molecule has 92 valence electrons. The van der Waals surface area contributed by atoms with Crippen LogP contribution in [0, 0.1) is 13.8 Å². The third kappa shape index (κ3) is 1.64. The zero-order valence-corrected chi connectivity index (χ0v) is 10.7. The fourth-order valence-electron chi connectivity index (χ4n) is 1.97. The molecule has 0 fully saturated rings. The number of hydrogen-bond acceptors (Lipinski definition) is 4. The van der Waals surface area contributed by atoms with E-state index in [1.807, 2.05) is 6.92 Å². The van der Waals surface area contributed by atoms with E-state index >= 15 is 0 Å². The number of rotatable bonds is 1. The molecule has 0 unspecified atom stereocenters. The fourth-order valence-corrected chi connectivity index (χ4v) is 2.19. The second-order valence-electron chi connectivity index (χ2n) is 4.12. The molecule has 0 atom stereocenters. The Bertz CT molecular complexity index is 744. The van der Waals surface area contributed by atoms with Gasteiger partial charge in [-0.2, -0.15) is 0 Å². The van der Waals surface area contributed by atoms with Crippen LogP contribution in [0.4, 0.5) is 5.69 Å². The van der Waals surface area contributed by atoms with Crippen LogP contribution >= 0.6 is 11.6 Å². The van der Waals surface area contributed by atoms with Crippen molar-refractivity contribution in [3.63, 3.8) is 0 Å². The van der Waals surface area contributed by atoms with Crippen LogP contribution in [0.2, 0.25) is 5.02 Å². The molecule has 3 aromatic rings. The molecular weight excluding hydrogens is 252 g/mol. The molecule has 0 aliphatic carbocycles. The molecule has 0 radical (unpaired) electrons. The molecule has 2 aromatic heterocycles. The minimum atomic E-state index is 0.536. The monoisotopic (exact) mass is 262 g/mol. The maximum absolute atomic E-state index is 5.95. The van der Waals surface area contributed by atoms with Crippen LogP contribution in [0.25, 0.3) is 22.6 Å². The Kier molecular flexibility index (Phi) is 2.31. The van der Waals surface area contributed by atoms with E-state index in [9.17, 15) is 0 Å². The molecule has 0 aliphatic rings. The normalized spacial score (nSPS) is 11.3. The van der Waals surface area contributed by atoms with E-state index in [0.29, 0.717) is 33.7 Å². The highest BCUT2D eigenvalue weighted by Gasteiger charge is 2.15. The van der Waals surface area contributed by atoms with Gasteiger partial charge in [0.15, 0.2) is 17.5 Å². The lowest BCUT2D eigenvalue weighted by Crippen LogP contribution is -1.86. The van der Waals surface area contributed by atoms with Crippen molar-refractivity contribution >= 4 is 28.3 Å². The van der Waals surface area contributed by atoms with Crippen LogP contribution in [0.1, 0.15) is 11.6 Å². The second-order valence-corrected chi connectivity index (χ2v) is 4.56. The number of benzene rings is 1. The molecule has 2 heterocycles. The number of aromatic amines is 1. The van der Waals surface area contributed by atoms with E-state index in [2.05, 4.69) is 15.0 Å². The van der Waals surface area contributed by atoms with Gasteiger partial charge in [0.1, 0.15) is 5.52 Å². The van der Waals surface area contributed by atoms with Crippen molar-refractivity contribution in [1.29, 1.82) is 0 Å². The van der Waals surface area contributed by atoms with Crippen LogP contribution < -0.4 is 5.73 Å². The molecule has 0 bridgehead atoms. The fraction of sp³-hybridized carbons (Fsp3) is 0.167. The third-order valence-electron chi connectivity index (χ3n) is 2.70. The number of halogens is 1. The summed E-state index contributed by atoms with van der Waals surface area (Å²) in [6.45, 7) is 3.67. The van der Waals surface area contributed by atoms with Crippen molar-refractivity contribution in [1.82, 2.24) is 15.0 Å². The van der Waals surface area contributed by atoms with Gasteiger partial charge >= 0.3 is 0 Å². The van der Waals surface area contributed by atoms with E-state index in [1.165, 1.54) is 0 Å². The maximum atomic E-state index is 5.95.